The van der Waals surface area contributed by atoms with E-state index in [0.717, 1.165) is 36.9 Å². The van der Waals surface area contributed by atoms with Gasteiger partial charge in [-0.3, -0.25) is 4.79 Å². The van der Waals surface area contributed by atoms with Crippen LogP contribution in [0.2, 0.25) is 0 Å². The number of methoxy groups -OCH3 is 1. The molecule has 28 heavy (non-hydrogen) atoms. The minimum absolute atomic E-state index is 0.104. The fraction of sp³-hybridized carbons (Fsp3) is 0.417. The summed E-state index contributed by atoms with van der Waals surface area (Å²) in [6.07, 6.45) is 4.08. The molecule has 0 spiro atoms. The van der Waals surface area contributed by atoms with Gasteiger partial charge >= 0.3 is 0 Å². The van der Waals surface area contributed by atoms with Gasteiger partial charge in [-0.05, 0) is 74.4 Å². The average Bonchev–Trinajstić information content (AvgIpc) is 2.78. The summed E-state index contributed by atoms with van der Waals surface area (Å²) in [7, 11) is 1.66. The molecule has 148 valence electrons. The Morgan fingerprint density at radius 2 is 1.89 bits per heavy atom. The largest absolute Gasteiger partial charge is 0.497 e. The molecule has 0 bridgehead atoms. The van der Waals surface area contributed by atoms with E-state index in [-0.39, 0.29) is 5.78 Å². The third-order valence-electron chi connectivity index (χ3n) is 5.57. The first-order chi connectivity index (χ1) is 13.4. The Morgan fingerprint density at radius 3 is 2.57 bits per heavy atom. The lowest BCUT2D eigenvalue weighted by Crippen LogP contribution is -2.19. The van der Waals surface area contributed by atoms with Crippen LogP contribution in [0.4, 0.5) is 0 Å². The van der Waals surface area contributed by atoms with E-state index < -0.39 is 5.41 Å². The van der Waals surface area contributed by atoms with E-state index in [1.807, 2.05) is 44.2 Å². The van der Waals surface area contributed by atoms with Crippen LogP contribution in [0.1, 0.15) is 54.6 Å². The van der Waals surface area contributed by atoms with Crippen molar-refractivity contribution < 1.29 is 19.1 Å². The number of hydrogen-bond donors (Lipinski definition) is 0. The molecule has 4 nitrogen and oxygen atoms in total. The van der Waals surface area contributed by atoms with Crippen molar-refractivity contribution in [3.8, 4) is 11.5 Å². The zero-order chi connectivity index (χ0) is 20.1. The molecule has 0 saturated heterocycles. The van der Waals surface area contributed by atoms with Gasteiger partial charge in [0.1, 0.15) is 17.8 Å². The molecule has 0 saturated carbocycles. The molecular formula is C24H28O4. The summed E-state index contributed by atoms with van der Waals surface area (Å²) < 4.78 is 11.2. The Bertz CT molecular complexity index is 836. The first kappa shape index (κ1) is 20.1. The number of Topliss-reactive ketones (excluding diaryl/α,β-unsaturated/α-hetero) is 1. The van der Waals surface area contributed by atoms with Crippen molar-refractivity contribution in [1.82, 2.24) is 0 Å². The van der Waals surface area contributed by atoms with Crippen LogP contribution in [0.3, 0.4) is 0 Å². The SMILES string of the molecule is COc1ccc(CC2CCOc3cc(C(C)(C)C=O)ccc3C(=O)CC2)cc1. The summed E-state index contributed by atoms with van der Waals surface area (Å²) in [5, 5.41) is 0. The molecule has 1 aliphatic heterocycles. The van der Waals surface area contributed by atoms with Crippen LogP contribution in [-0.4, -0.2) is 25.8 Å². The highest BCUT2D eigenvalue weighted by Gasteiger charge is 2.24. The molecule has 1 atom stereocenters. The van der Waals surface area contributed by atoms with Crippen molar-refractivity contribution >= 4 is 12.1 Å². The van der Waals surface area contributed by atoms with E-state index in [4.69, 9.17) is 9.47 Å². The summed E-state index contributed by atoms with van der Waals surface area (Å²) in [5.74, 6) is 1.94. The van der Waals surface area contributed by atoms with E-state index in [9.17, 15) is 9.59 Å². The minimum atomic E-state index is -0.600. The van der Waals surface area contributed by atoms with Crippen LogP contribution in [0.15, 0.2) is 42.5 Å². The van der Waals surface area contributed by atoms with E-state index in [1.54, 1.807) is 7.11 Å². The summed E-state index contributed by atoms with van der Waals surface area (Å²) in [5.41, 5.74) is 2.13. The summed E-state index contributed by atoms with van der Waals surface area (Å²) in [4.78, 5) is 24.1. The highest BCUT2D eigenvalue weighted by molar-refractivity contribution is 5.99. The predicted molar refractivity (Wildman–Crippen MR) is 109 cm³/mol. The maximum atomic E-state index is 12.8. The molecule has 1 unspecified atom stereocenters. The molecule has 4 heteroatoms. The topological polar surface area (TPSA) is 52.6 Å². The summed E-state index contributed by atoms with van der Waals surface area (Å²) in [6.45, 7) is 4.29. The second-order valence-corrected chi connectivity index (χ2v) is 8.07. The van der Waals surface area contributed by atoms with E-state index >= 15 is 0 Å². The molecule has 2 aromatic rings. The predicted octanol–water partition coefficient (Wildman–Crippen LogP) is 4.78. The van der Waals surface area contributed by atoms with Gasteiger partial charge in [-0.15, -0.1) is 0 Å². The van der Waals surface area contributed by atoms with Crippen LogP contribution in [0.5, 0.6) is 11.5 Å². The smallest absolute Gasteiger partial charge is 0.166 e. The van der Waals surface area contributed by atoms with Crippen molar-refractivity contribution in [1.29, 1.82) is 0 Å². The number of ether oxygens (including phenoxy) is 2. The van der Waals surface area contributed by atoms with Gasteiger partial charge in [-0.2, -0.15) is 0 Å². The minimum Gasteiger partial charge on any atom is -0.497 e. The highest BCUT2D eigenvalue weighted by atomic mass is 16.5. The molecule has 1 heterocycles. The Labute approximate surface area is 166 Å². The van der Waals surface area contributed by atoms with Gasteiger partial charge in [0, 0.05) is 11.8 Å². The highest BCUT2D eigenvalue weighted by Crippen LogP contribution is 2.31. The van der Waals surface area contributed by atoms with Crippen molar-refractivity contribution in [2.75, 3.05) is 13.7 Å². The van der Waals surface area contributed by atoms with Crippen LogP contribution >= 0.6 is 0 Å². The fourth-order valence-electron chi connectivity index (χ4n) is 3.59. The standard InChI is InChI=1S/C24H28O4/c1-24(2,16-25)19-7-10-21-22(26)11-6-18(12-13-28-23(21)15-19)14-17-4-8-20(27-3)9-5-17/h4-5,7-10,15-16,18H,6,11-14H2,1-3H3. The number of aldehydes is 1. The van der Waals surface area contributed by atoms with Gasteiger partial charge in [0.25, 0.3) is 0 Å². The second kappa shape index (κ2) is 8.59. The lowest BCUT2D eigenvalue weighted by Gasteiger charge is -2.20. The maximum absolute atomic E-state index is 12.8. The molecular weight excluding hydrogens is 352 g/mol. The second-order valence-electron chi connectivity index (χ2n) is 8.07. The zero-order valence-electron chi connectivity index (χ0n) is 16.9. The molecule has 0 fully saturated rings. The first-order valence-corrected chi connectivity index (χ1v) is 9.82. The number of rotatable bonds is 5. The van der Waals surface area contributed by atoms with Crippen LogP contribution in [-0.2, 0) is 16.6 Å². The molecule has 2 aromatic carbocycles. The quantitative estimate of drug-likeness (QED) is 0.701. The number of ketones is 1. The molecule has 0 radical (unpaired) electrons. The van der Waals surface area contributed by atoms with Crippen LogP contribution in [0.25, 0.3) is 0 Å². The monoisotopic (exact) mass is 380 g/mol. The number of fused-ring (bicyclic) bond motifs is 1. The van der Waals surface area contributed by atoms with Gasteiger partial charge in [0.15, 0.2) is 5.78 Å². The lowest BCUT2D eigenvalue weighted by molar-refractivity contribution is -0.111. The summed E-state index contributed by atoms with van der Waals surface area (Å²) >= 11 is 0. The zero-order valence-corrected chi connectivity index (χ0v) is 16.9. The number of benzene rings is 2. The molecule has 0 aliphatic carbocycles. The number of carbonyl (C=O) groups is 2. The Hall–Kier alpha value is -2.62. The van der Waals surface area contributed by atoms with Crippen molar-refractivity contribution in [2.45, 2.75) is 44.9 Å². The van der Waals surface area contributed by atoms with E-state index in [2.05, 4.69) is 12.1 Å². The number of hydrogen-bond acceptors (Lipinski definition) is 4. The van der Waals surface area contributed by atoms with Crippen molar-refractivity contribution in [2.24, 2.45) is 5.92 Å². The Morgan fingerprint density at radius 1 is 1.14 bits per heavy atom. The van der Waals surface area contributed by atoms with Crippen molar-refractivity contribution in [3.05, 3.63) is 59.2 Å². The third-order valence-corrected chi connectivity index (χ3v) is 5.57. The van der Waals surface area contributed by atoms with E-state index in [0.29, 0.717) is 30.3 Å². The third kappa shape index (κ3) is 4.61. The lowest BCUT2D eigenvalue weighted by atomic mass is 9.85. The van der Waals surface area contributed by atoms with Crippen LogP contribution < -0.4 is 9.47 Å². The van der Waals surface area contributed by atoms with Gasteiger partial charge in [0.2, 0.25) is 0 Å². The average molecular weight is 380 g/mol. The molecule has 0 N–H and O–H groups in total. The van der Waals surface area contributed by atoms with Crippen molar-refractivity contribution in [3.63, 3.8) is 0 Å². The number of carbonyl (C=O) groups excluding carboxylic acids is 2. The molecule has 3 rings (SSSR count). The Kier molecular flexibility index (Phi) is 6.18. The maximum Gasteiger partial charge on any atom is 0.166 e. The Balaban J connectivity index is 1.74. The van der Waals surface area contributed by atoms with Gasteiger partial charge in [-0.1, -0.05) is 18.2 Å². The van der Waals surface area contributed by atoms with Gasteiger partial charge < -0.3 is 14.3 Å². The molecule has 0 amide bonds. The van der Waals surface area contributed by atoms with Crippen LogP contribution in [0, 0.1) is 5.92 Å². The normalized spacial score (nSPS) is 17.5. The molecule has 1 aliphatic rings. The van der Waals surface area contributed by atoms with Gasteiger partial charge in [-0.25, -0.2) is 0 Å². The summed E-state index contributed by atoms with van der Waals surface area (Å²) in [6, 6.07) is 13.6. The van der Waals surface area contributed by atoms with E-state index in [1.165, 1.54) is 5.56 Å². The van der Waals surface area contributed by atoms with Gasteiger partial charge in [0.05, 0.1) is 19.3 Å². The molecule has 0 aromatic heterocycles. The first-order valence-electron chi connectivity index (χ1n) is 9.82. The fourth-order valence-corrected chi connectivity index (χ4v) is 3.59.